The fraction of sp³-hybridized carbons (Fsp3) is 0. The number of phenols is 1. The van der Waals surface area contributed by atoms with Crippen molar-refractivity contribution in [3.63, 3.8) is 0 Å². The van der Waals surface area contributed by atoms with Gasteiger partial charge in [0.1, 0.15) is 5.82 Å². The monoisotopic (exact) mass is 198 g/mol. The minimum Gasteiger partial charge on any atom is -0.505 e. The summed E-state index contributed by atoms with van der Waals surface area (Å²) >= 11 is 0. The Hall–Kier alpha value is -1.71. The van der Waals surface area contributed by atoms with Gasteiger partial charge in [-0.1, -0.05) is 12.1 Å². The highest BCUT2D eigenvalue weighted by molar-refractivity contribution is 5.85. The maximum atomic E-state index is 13.1. The van der Waals surface area contributed by atoms with E-state index in [9.17, 15) is 13.2 Å². The van der Waals surface area contributed by atoms with Gasteiger partial charge >= 0.3 is 0 Å². The number of halogens is 3. The van der Waals surface area contributed by atoms with Crippen molar-refractivity contribution in [1.29, 1.82) is 0 Å². The minimum absolute atomic E-state index is 0.126. The van der Waals surface area contributed by atoms with Crippen molar-refractivity contribution in [2.45, 2.75) is 0 Å². The van der Waals surface area contributed by atoms with E-state index in [4.69, 9.17) is 5.11 Å². The standard InChI is InChI=1S/C10H5F3O/c11-6-3-1-2-5-4-7(14)9(12)10(13)8(5)6/h1-4,14H. The number of aromatic hydroxyl groups is 1. The molecule has 0 unspecified atom stereocenters. The Bertz CT molecular complexity index is 508. The van der Waals surface area contributed by atoms with Crippen LogP contribution in [0.1, 0.15) is 0 Å². The SMILES string of the molecule is Oc1cc2cccc(F)c2c(F)c1F. The molecule has 72 valence electrons. The van der Waals surface area contributed by atoms with Gasteiger partial charge in [0, 0.05) is 0 Å². The average Bonchev–Trinajstić information content (AvgIpc) is 2.14. The quantitative estimate of drug-likeness (QED) is 0.689. The molecule has 0 fully saturated rings. The molecule has 0 amide bonds. The van der Waals surface area contributed by atoms with Gasteiger partial charge in [0.2, 0.25) is 5.82 Å². The predicted molar refractivity (Wildman–Crippen MR) is 45.5 cm³/mol. The smallest absolute Gasteiger partial charge is 0.201 e. The third-order valence-corrected chi connectivity index (χ3v) is 1.98. The number of rotatable bonds is 0. The number of hydrogen-bond donors (Lipinski definition) is 1. The molecular weight excluding hydrogens is 193 g/mol. The van der Waals surface area contributed by atoms with Gasteiger partial charge in [0.25, 0.3) is 0 Å². The number of phenolic OH excluding ortho intramolecular Hbond substituents is 1. The van der Waals surface area contributed by atoms with Crippen LogP contribution >= 0.6 is 0 Å². The predicted octanol–water partition coefficient (Wildman–Crippen LogP) is 2.96. The Morgan fingerprint density at radius 3 is 2.43 bits per heavy atom. The molecule has 0 saturated heterocycles. The molecule has 4 heteroatoms. The second-order valence-corrected chi connectivity index (χ2v) is 2.86. The number of benzene rings is 2. The van der Waals surface area contributed by atoms with Crippen LogP contribution in [0.4, 0.5) is 13.2 Å². The maximum Gasteiger partial charge on any atom is 0.201 e. The Morgan fingerprint density at radius 2 is 1.71 bits per heavy atom. The van der Waals surface area contributed by atoms with Crippen LogP contribution < -0.4 is 0 Å². The molecule has 0 aliphatic carbocycles. The van der Waals surface area contributed by atoms with Crippen molar-refractivity contribution >= 4 is 10.8 Å². The summed E-state index contributed by atoms with van der Waals surface area (Å²) < 4.78 is 39.1. The van der Waals surface area contributed by atoms with E-state index in [0.717, 1.165) is 12.1 Å². The lowest BCUT2D eigenvalue weighted by atomic mass is 10.1. The fourth-order valence-electron chi connectivity index (χ4n) is 1.33. The van der Waals surface area contributed by atoms with E-state index in [1.807, 2.05) is 0 Å². The summed E-state index contributed by atoms with van der Waals surface area (Å²) in [5.41, 5.74) is 0. The Balaban J connectivity index is 2.99. The van der Waals surface area contributed by atoms with Crippen molar-refractivity contribution in [2.24, 2.45) is 0 Å². The molecular formula is C10H5F3O. The van der Waals surface area contributed by atoms with Gasteiger partial charge in [0.05, 0.1) is 5.39 Å². The van der Waals surface area contributed by atoms with Crippen LogP contribution in [0.25, 0.3) is 10.8 Å². The summed E-state index contributed by atoms with van der Waals surface area (Å²) in [7, 11) is 0. The first kappa shape index (κ1) is 8.87. The van der Waals surface area contributed by atoms with Crippen LogP contribution in [0, 0.1) is 17.5 Å². The molecule has 1 N–H and O–H groups in total. The van der Waals surface area contributed by atoms with Crippen LogP contribution in [0.2, 0.25) is 0 Å². The van der Waals surface area contributed by atoms with E-state index >= 15 is 0 Å². The highest BCUT2D eigenvalue weighted by Gasteiger charge is 2.15. The Kier molecular flexibility index (Phi) is 1.84. The fourth-order valence-corrected chi connectivity index (χ4v) is 1.33. The van der Waals surface area contributed by atoms with Crippen molar-refractivity contribution < 1.29 is 18.3 Å². The zero-order chi connectivity index (χ0) is 10.3. The van der Waals surface area contributed by atoms with Crippen LogP contribution in [-0.4, -0.2) is 5.11 Å². The third-order valence-electron chi connectivity index (χ3n) is 1.98. The van der Waals surface area contributed by atoms with Crippen molar-refractivity contribution in [3.05, 3.63) is 41.7 Å². The largest absolute Gasteiger partial charge is 0.505 e. The molecule has 0 heterocycles. The van der Waals surface area contributed by atoms with E-state index in [2.05, 4.69) is 0 Å². The first-order chi connectivity index (χ1) is 6.61. The summed E-state index contributed by atoms with van der Waals surface area (Å²) in [6.07, 6.45) is 0. The zero-order valence-electron chi connectivity index (χ0n) is 6.89. The van der Waals surface area contributed by atoms with Crippen LogP contribution in [0.15, 0.2) is 24.3 Å². The Morgan fingerprint density at radius 1 is 1.00 bits per heavy atom. The van der Waals surface area contributed by atoms with Gasteiger partial charge < -0.3 is 5.11 Å². The van der Waals surface area contributed by atoms with E-state index in [1.54, 1.807) is 0 Å². The molecule has 14 heavy (non-hydrogen) atoms. The number of fused-ring (bicyclic) bond motifs is 1. The van der Waals surface area contributed by atoms with E-state index in [-0.39, 0.29) is 5.39 Å². The molecule has 0 saturated carbocycles. The second kappa shape index (κ2) is 2.90. The number of hydrogen-bond acceptors (Lipinski definition) is 1. The van der Waals surface area contributed by atoms with Crippen molar-refractivity contribution in [2.75, 3.05) is 0 Å². The lowest BCUT2D eigenvalue weighted by Crippen LogP contribution is -1.90. The first-order valence-corrected chi connectivity index (χ1v) is 3.86. The van der Waals surface area contributed by atoms with Crippen LogP contribution in [0.3, 0.4) is 0 Å². The van der Waals surface area contributed by atoms with Gasteiger partial charge in [-0.3, -0.25) is 0 Å². The summed E-state index contributed by atoms with van der Waals surface area (Å²) in [6, 6.07) is 4.76. The van der Waals surface area contributed by atoms with Crippen molar-refractivity contribution in [3.8, 4) is 5.75 Å². The van der Waals surface area contributed by atoms with Crippen LogP contribution in [0.5, 0.6) is 5.75 Å². The van der Waals surface area contributed by atoms with Gasteiger partial charge in [-0.2, -0.15) is 4.39 Å². The van der Waals surface area contributed by atoms with E-state index < -0.39 is 28.6 Å². The highest BCUT2D eigenvalue weighted by Crippen LogP contribution is 2.29. The molecule has 2 rings (SSSR count). The summed E-state index contributed by atoms with van der Waals surface area (Å²) in [4.78, 5) is 0. The molecule has 2 aromatic carbocycles. The molecule has 2 aromatic rings. The Labute approximate surface area is 77.4 Å². The molecule has 0 aliphatic rings. The molecule has 0 aromatic heterocycles. The van der Waals surface area contributed by atoms with Crippen LogP contribution in [-0.2, 0) is 0 Å². The van der Waals surface area contributed by atoms with E-state index in [1.165, 1.54) is 12.1 Å². The van der Waals surface area contributed by atoms with Crippen molar-refractivity contribution in [1.82, 2.24) is 0 Å². The summed E-state index contributed by atoms with van der Waals surface area (Å²) in [5.74, 6) is -4.46. The van der Waals surface area contributed by atoms with Gasteiger partial charge in [-0.05, 0) is 17.5 Å². The average molecular weight is 198 g/mol. The molecule has 0 aliphatic heterocycles. The molecule has 1 nitrogen and oxygen atoms in total. The maximum absolute atomic E-state index is 13.1. The third kappa shape index (κ3) is 1.11. The second-order valence-electron chi connectivity index (χ2n) is 2.86. The molecule has 0 radical (unpaired) electrons. The highest BCUT2D eigenvalue weighted by atomic mass is 19.2. The molecule has 0 atom stereocenters. The molecule has 0 spiro atoms. The lowest BCUT2D eigenvalue weighted by Gasteiger charge is -2.03. The van der Waals surface area contributed by atoms with Gasteiger partial charge in [-0.25, -0.2) is 8.78 Å². The van der Waals surface area contributed by atoms with Gasteiger partial charge in [-0.15, -0.1) is 0 Å². The normalized spacial score (nSPS) is 10.8. The van der Waals surface area contributed by atoms with E-state index in [0.29, 0.717) is 0 Å². The first-order valence-electron chi connectivity index (χ1n) is 3.86. The lowest BCUT2D eigenvalue weighted by molar-refractivity contribution is 0.410. The van der Waals surface area contributed by atoms with Gasteiger partial charge in [0.15, 0.2) is 11.6 Å². The minimum atomic E-state index is -1.43. The topological polar surface area (TPSA) is 20.2 Å². The molecule has 0 bridgehead atoms. The zero-order valence-corrected chi connectivity index (χ0v) is 6.89. The summed E-state index contributed by atoms with van der Waals surface area (Å²) in [5, 5.41) is 8.64. The summed E-state index contributed by atoms with van der Waals surface area (Å²) in [6.45, 7) is 0.